The van der Waals surface area contributed by atoms with Gasteiger partial charge in [-0.25, -0.2) is 9.18 Å². The number of carboxylic acids is 1. The maximum absolute atomic E-state index is 13.9. The Bertz CT molecular complexity index is 1280. The van der Waals surface area contributed by atoms with Crippen molar-refractivity contribution in [1.29, 1.82) is 0 Å². The number of carbonyl (C=O) groups is 2. The zero-order valence-corrected chi connectivity index (χ0v) is 18.5. The summed E-state index contributed by atoms with van der Waals surface area (Å²) in [4.78, 5) is 25.4. The largest absolute Gasteiger partial charge is 0.490 e. The van der Waals surface area contributed by atoms with Gasteiger partial charge in [0.15, 0.2) is 11.5 Å². The first-order valence-electron chi connectivity index (χ1n) is 10.2. The highest BCUT2D eigenvalue weighted by atomic mass is 32.1. The highest BCUT2D eigenvalue weighted by Gasteiger charge is 2.35. The minimum absolute atomic E-state index is 0.0387. The third-order valence-corrected chi connectivity index (χ3v) is 6.49. The third kappa shape index (κ3) is 4.41. The number of hydrogen-bond acceptors (Lipinski definition) is 5. The zero-order valence-electron chi connectivity index (χ0n) is 17.7. The minimum Gasteiger partial charge on any atom is -0.490 e. The minimum atomic E-state index is -1.14. The van der Waals surface area contributed by atoms with Gasteiger partial charge in [0.25, 0.3) is 0 Å². The maximum Gasteiger partial charge on any atom is 0.346 e. The van der Waals surface area contributed by atoms with Crippen LogP contribution in [-0.2, 0) is 4.79 Å². The van der Waals surface area contributed by atoms with Crippen LogP contribution < -0.4 is 14.8 Å². The molecular weight excluding hydrogens is 445 g/mol. The van der Waals surface area contributed by atoms with Crippen LogP contribution in [0.15, 0.2) is 42.5 Å². The van der Waals surface area contributed by atoms with Gasteiger partial charge in [-0.2, -0.15) is 0 Å². The number of rotatable bonds is 7. The van der Waals surface area contributed by atoms with Gasteiger partial charge in [0.05, 0.1) is 12.3 Å². The monoisotopic (exact) mass is 465 g/mol. The Balaban J connectivity index is 1.85. The molecule has 1 amide bonds. The number of thiophene rings is 1. The molecule has 1 atom stereocenters. The molecule has 3 aromatic rings. The zero-order chi connectivity index (χ0) is 23.5. The standard InChI is InChI=1S/C25H20FNO5S/c1-3-10-32-18-9-8-14(12-19(18)31-4-2)17-13-20(28)27-22-21(15-6-5-7-16(26)11-15)24(25(29)30)33-23(17)22/h1,5-9,11-12,17H,4,10,13H2,2H3,(H,27,28)(H,29,30)/t17-/m1/s1. The molecule has 0 unspecified atom stereocenters. The predicted molar refractivity (Wildman–Crippen MR) is 124 cm³/mol. The fourth-order valence-electron chi connectivity index (χ4n) is 3.87. The van der Waals surface area contributed by atoms with E-state index in [-0.39, 0.29) is 23.8 Å². The first kappa shape index (κ1) is 22.4. The van der Waals surface area contributed by atoms with E-state index in [1.807, 2.05) is 13.0 Å². The summed E-state index contributed by atoms with van der Waals surface area (Å²) in [6.45, 7) is 2.32. The maximum atomic E-state index is 13.9. The average molecular weight is 466 g/mol. The fraction of sp³-hybridized carbons (Fsp3) is 0.200. The Labute approximate surface area is 194 Å². The van der Waals surface area contributed by atoms with Gasteiger partial charge in [-0.1, -0.05) is 24.1 Å². The van der Waals surface area contributed by atoms with Crippen LogP contribution in [0.4, 0.5) is 10.1 Å². The first-order chi connectivity index (χ1) is 15.9. The van der Waals surface area contributed by atoms with Crippen molar-refractivity contribution in [3.05, 3.63) is 63.6 Å². The van der Waals surface area contributed by atoms with Crippen LogP contribution in [-0.4, -0.2) is 30.2 Å². The van der Waals surface area contributed by atoms with Gasteiger partial charge in [-0.3, -0.25) is 4.79 Å². The van der Waals surface area contributed by atoms with Crippen molar-refractivity contribution in [1.82, 2.24) is 0 Å². The molecule has 0 saturated heterocycles. The van der Waals surface area contributed by atoms with Gasteiger partial charge in [0.1, 0.15) is 17.3 Å². The molecule has 168 valence electrons. The number of halogens is 1. The summed E-state index contributed by atoms with van der Waals surface area (Å²) in [7, 11) is 0. The highest BCUT2D eigenvalue weighted by molar-refractivity contribution is 7.15. The molecule has 1 aromatic heterocycles. The van der Waals surface area contributed by atoms with Crippen LogP contribution in [0.3, 0.4) is 0 Å². The van der Waals surface area contributed by atoms with Crippen LogP contribution >= 0.6 is 11.3 Å². The second-order valence-corrected chi connectivity index (χ2v) is 8.35. The number of benzene rings is 2. The molecular formula is C25H20FNO5S. The third-order valence-electron chi connectivity index (χ3n) is 5.19. The number of terminal acetylenes is 1. The summed E-state index contributed by atoms with van der Waals surface area (Å²) < 4.78 is 25.2. The lowest BCUT2D eigenvalue weighted by Crippen LogP contribution is -2.22. The molecule has 2 N–H and O–H groups in total. The number of carboxylic acid groups (broad SMARTS) is 1. The van der Waals surface area contributed by atoms with Crippen molar-refractivity contribution in [2.24, 2.45) is 0 Å². The second kappa shape index (κ2) is 9.35. The summed E-state index contributed by atoms with van der Waals surface area (Å²) in [6.07, 6.45) is 5.41. The van der Waals surface area contributed by atoms with E-state index < -0.39 is 17.7 Å². The van der Waals surface area contributed by atoms with Crippen molar-refractivity contribution < 1.29 is 28.6 Å². The van der Waals surface area contributed by atoms with Crippen molar-refractivity contribution in [3.8, 4) is 35.0 Å². The molecule has 33 heavy (non-hydrogen) atoms. The van der Waals surface area contributed by atoms with Crippen LogP contribution in [0.25, 0.3) is 11.1 Å². The van der Waals surface area contributed by atoms with E-state index in [9.17, 15) is 19.1 Å². The predicted octanol–water partition coefficient (Wildman–Crippen LogP) is 5.14. The van der Waals surface area contributed by atoms with E-state index in [2.05, 4.69) is 11.2 Å². The van der Waals surface area contributed by atoms with Crippen molar-refractivity contribution in [2.45, 2.75) is 19.3 Å². The average Bonchev–Trinajstić information content (AvgIpc) is 3.17. The quantitative estimate of drug-likeness (QED) is 0.472. The summed E-state index contributed by atoms with van der Waals surface area (Å²) in [6, 6.07) is 11.0. The second-order valence-electron chi connectivity index (χ2n) is 7.30. The molecule has 0 saturated carbocycles. The number of fused-ring (bicyclic) bond motifs is 1. The van der Waals surface area contributed by atoms with E-state index in [0.717, 1.165) is 16.9 Å². The Kier molecular flexibility index (Phi) is 6.33. The molecule has 6 nitrogen and oxygen atoms in total. The number of aromatic carboxylic acids is 1. The molecule has 2 heterocycles. The van der Waals surface area contributed by atoms with E-state index in [4.69, 9.17) is 15.9 Å². The van der Waals surface area contributed by atoms with Gasteiger partial charge in [0.2, 0.25) is 5.91 Å². The highest BCUT2D eigenvalue weighted by Crippen LogP contribution is 2.50. The lowest BCUT2D eigenvalue weighted by atomic mass is 9.88. The Hall–Kier alpha value is -3.83. The summed E-state index contributed by atoms with van der Waals surface area (Å²) in [5.74, 6) is 1.08. The van der Waals surface area contributed by atoms with Crippen molar-refractivity contribution in [2.75, 3.05) is 18.5 Å². The molecule has 8 heteroatoms. The smallest absolute Gasteiger partial charge is 0.346 e. The lowest BCUT2D eigenvalue weighted by Gasteiger charge is -2.24. The van der Waals surface area contributed by atoms with E-state index in [1.165, 1.54) is 18.2 Å². The normalized spacial score (nSPS) is 14.7. The molecule has 4 rings (SSSR count). The molecule has 1 aliphatic rings. The van der Waals surface area contributed by atoms with Gasteiger partial charge in [0, 0.05) is 22.8 Å². The van der Waals surface area contributed by atoms with Gasteiger partial charge >= 0.3 is 5.97 Å². The van der Waals surface area contributed by atoms with Gasteiger partial charge < -0.3 is 19.9 Å². The van der Waals surface area contributed by atoms with Crippen LogP contribution in [0.1, 0.15) is 39.4 Å². The SMILES string of the molecule is C#CCOc1ccc([C@H]2CC(=O)Nc3c2sc(C(=O)O)c3-c2cccc(F)c2)cc1OCC. The molecule has 1 aliphatic heterocycles. The van der Waals surface area contributed by atoms with Gasteiger partial charge in [-0.05, 0) is 42.3 Å². The van der Waals surface area contributed by atoms with E-state index >= 15 is 0 Å². The Morgan fingerprint density at radius 3 is 2.79 bits per heavy atom. The number of anilines is 1. The molecule has 0 bridgehead atoms. The number of nitrogens with one attached hydrogen (secondary N) is 1. The topological polar surface area (TPSA) is 84.9 Å². The molecule has 0 radical (unpaired) electrons. The van der Waals surface area contributed by atoms with E-state index in [0.29, 0.717) is 39.8 Å². The fourth-order valence-corrected chi connectivity index (χ4v) is 5.12. The summed E-state index contributed by atoms with van der Waals surface area (Å²) >= 11 is 1.08. The Morgan fingerprint density at radius 2 is 2.09 bits per heavy atom. The summed E-state index contributed by atoms with van der Waals surface area (Å²) in [5.41, 5.74) is 1.86. The lowest BCUT2D eigenvalue weighted by molar-refractivity contribution is -0.116. The molecule has 2 aromatic carbocycles. The number of hydrogen-bond donors (Lipinski definition) is 2. The molecule has 0 fully saturated rings. The molecule has 0 spiro atoms. The van der Waals surface area contributed by atoms with Crippen LogP contribution in [0.2, 0.25) is 0 Å². The number of amides is 1. The van der Waals surface area contributed by atoms with Crippen LogP contribution in [0, 0.1) is 18.2 Å². The summed E-state index contributed by atoms with van der Waals surface area (Å²) in [5, 5.41) is 12.7. The van der Waals surface area contributed by atoms with E-state index in [1.54, 1.807) is 18.2 Å². The Morgan fingerprint density at radius 1 is 1.27 bits per heavy atom. The molecule has 0 aliphatic carbocycles. The van der Waals surface area contributed by atoms with Gasteiger partial charge in [-0.15, -0.1) is 17.8 Å². The number of carbonyl (C=O) groups excluding carboxylic acids is 1. The first-order valence-corrected chi connectivity index (χ1v) is 11.0. The van der Waals surface area contributed by atoms with Crippen LogP contribution in [0.5, 0.6) is 11.5 Å². The van der Waals surface area contributed by atoms with Crippen molar-refractivity contribution in [3.63, 3.8) is 0 Å². The van der Waals surface area contributed by atoms with Crippen molar-refractivity contribution >= 4 is 28.9 Å². The number of ether oxygens (including phenoxy) is 2.